The van der Waals surface area contributed by atoms with Gasteiger partial charge < -0.3 is 26.8 Å². The number of hydrogen-bond donors (Lipinski definition) is 0. The first-order valence-corrected chi connectivity index (χ1v) is 6.97. The highest BCUT2D eigenvalue weighted by atomic mass is 79.9. The Bertz CT molecular complexity index is 432. The second kappa shape index (κ2) is 7.07. The summed E-state index contributed by atoms with van der Waals surface area (Å²) in [6, 6.07) is 0. The first kappa shape index (κ1) is 16.5. The number of aliphatic imine (C=N–C) groups is 1. The molecule has 0 aromatic carbocycles. The summed E-state index contributed by atoms with van der Waals surface area (Å²) in [5.74, 6) is 0.895. The highest BCUT2D eigenvalue weighted by Gasteiger charge is 2.11. The van der Waals surface area contributed by atoms with E-state index >= 15 is 0 Å². The van der Waals surface area contributed by atoms with Gasteiger partial charge in [0.1, 0.15) is 0 Å². The number of guanidine groups is 1. The Labute approximate surface area is 120 Å². The Morgan fingerprint density at radius 1 is 1.12 bits per heavy atom. The summed E-state index contributed by atoms with van der Waals surface area (Å²) in [6.07, 6.45) is 0. The molecule has 1 aromatic heterocycles. The molecule has 0 spiro atoms. The van der Waals surface area contributed by atoms with Crippen molar-refractivity contribution in [3.63, 3.8) is 0 Å². The number of aromatic nitrogens is 1. The van der Waals surface area contributed by atoms with E-state index in [-0.39, 0.29) is 17.0 Å². The third-order valence-electron chi connectivity index (χ3n) is 1.76. The van der Waals surface area contributed by atoms with Gasteiger partial charge in [0.05, 0.1) is 14.1 Å². The number of nitrogens with zero attached hydrogens (tertiary/aromatic N) is 5. The minimum Gasteiger partial charge on any atom is -1.00 e. The van der Waals surface area contributed by atoms with Crippen LogP contribution in [0.4, 0.5) is 5.13 Å². The van der Waals surface area contributed by atoms with Gasteiger partial charge in [0, 0.05) is 43.5 Å². The zero-order valence-electron chi connectivity index (χ0n) is 10.9. The quantitative estimate of drug-likeness (QED) is 0.243. The Balaban J connectivity index is 0.00000256. The van der Waals surface area contributed by atoms with Crippen molar-refractivity contribution in [2.24, 2.45) is 4.99 Å². The topological polar surface area (TPSA) is 34.7 Å². The number of rotatable bonds is 1. The molecule has 0 aliphatic heterocycles. The van der Waals surface area contributed by atoms with Gasteiger partial charge in [-0.2, -0.15) is 4.99 Å². The molecule has 0 aliphatic rings. The van der Waals surface area contributed by atoms with E-state index < -0.39 is 0 Å². The van der Waals surface area contributed by atoms with E-state index in [4.69, 9.17) is 0 Å². The zero-order chi connectivity index (χ0) is 12.3. The predicted molar refractivity (Wildman–Crippen MR) is 71.6 cm³/mol. The van der Waals surface area contributed by atoms with Crippen molar-refractivity contribution in [3.8, 4) is 0 Å². The lowest BCUT2D eigenvalue weighted by Gasteiger charge is -2.21. The van der Waals surface area contributed by atoms with Gasteiger partial charge in [-0.1, -0.05) is 0 Å². The molecule has 17 heavy (non-hydrogen) atoms. The van der Waals surface area contributed by atoms with Crippen LogP contribution in [0.5, 0.6) is 0 Å². The van der Waals surface area contributed by atoms with Crippen molar-refractivity contribution in [1.29, 1.82) is 0 Å². The van der Waals surface area contributed by atoms with Crippen LogP contribution in [0.3, 0.4) is 0 Å². The van der Waals surface area contributed by atoms with Crippen LogP contribution >= 0.6 is 20.7 Å². The Kier molecular flexibility index (Phi) is 6.88. The largest absolute Gasteiger partial charge is 1.00 e. The van der Waals surface area contributed by atoms with Crippen molar-refractivity contribution in [2.75, 3.05) is 42.3 Å². The van der Waals surface area contributed by atoms with Gasteiger partial charge in [-0.25, -0.2) is 0 Å². The fraction of sp³-hybridized carbons (Fsp3) is 0.667. The predicted octanol–water partition coefficient (Wildman–Crippen LogP) is -2.65. The molecule has 0 amide bonds. The fourth-order valence-electron chi connectivity index (χ4n) is 1.10. The summed E-state index contributed by atoms with van der Waals surface area (Å²) in [5.41, 5.74) is 0. The highest BCUT2D eigenvalue weighted by molar-refractivity contribution is 7.69. The monoisotopic (exact) mass is 339 g/mol. The molecular weight excluding hydrogens is 322 g/mol. The average molecular weight is 340 g/mol. The van der Waals surface area contributed by atoms with Crippen LogP contribution in [0.15, 0.2) is 4.99 Å². The standard InChI is InChI=1S/C9H18N5S2.BrH/c1-12(2)8(13(3)4)10-7-11-9(14(5)6)16-15-7;/h1-6H3;1H/q+1;/p-1. The van der Waals surface area contributed by atoms with Crippen LogP contribution in [0.2, 0.25) is 0 Å². The minimum atomic E-state index is 0. The van der Waals surface area contributed by atoms with E-state index in [1.165, 1.54) is 0 Å². The molecular formula is C9H18BrN5S2. The van der Waals surface area contributed by atoms with E-state index in [0.717, 1.165) is 15.9 Å². The number of halogens is 1. The number of hydrogen-bond acceptors (Lipinski definition) is 4. The summed E-state index contributed by atoms with van der Waals surface area (Å²) in [4.78, 5) is 13.9. The summed E-state index contributed by atoms with van der Waals surface area (Å²) in [5, 5.41) is 0.797. The molecule has 0 bridgehead atoms. The van der Waals surface area contributed by atoms with E-state index in [1.807, 2.05) is 56.7 Å². The molecule has 0 saturated heterocycles. The maximum atomic E-state index is 4.52. The first-order chi connectivity index (χ1) is 7.41. The molecule has 0 N–H and O–H groups in total. The van der Waals surface area contributed by atoms with E-state index in [2.05, 4.69) is 9.98 Å². The second-order valence-corrected chi connectivity index (χ2v) is 6.00. The second-order valence-electron chi connectivity index (χ2n) is 3.94. The van der Waals surface area contributed by atoms with Crippen molar-refractivity contribution in [2.45, 2.75) is 0 Å². The van der Waals surface area contributed by atoms with Gasteiger partial charge in [0.25, 0.3) is 0 Å². The van der Waals surface area contributed by atoms with E-state index in [1.54, 1.807) is 20.7 Å². The molecule has 1 heterocycles. The summed E-state index contributed by atoms with van der Waals surface area (Å²) < 4.78 is 1.99. The average Bonchev–Trinajstić information content (AvgIpc) is 2.61. The lowest BCUT2D eigenvalue weighted by molar-refractivity contribution is -0.00000358. The van der Waals surface area contributed by atoms with Crippen molar-refractivity contribution in [1.82, 2.24) is 19.4 Å². The molecule has 5 nitrogen and oxygen atoms in total. The third-order valence-corrected chi connectivity index (χ3v) is 3.93. The first-order valence-electron chi connectivity index (χ1n) is 4.82. The molecule has 0 saturated carbocycles. The molecule has 1 rings (SSSR count). The Morgan fingerprint density at radius 2 is 1.65 bits per heavy atom. The van der Waals surface area contributed by atoms with Gasteiger partial charge >= 0.3 is 9.93 Å². The zero-order valence-corrected chi connectivity index (χ0v) is 14.1. The smallest absolute Gasteiger partial charge is 0.390 e. The molecule has 0 fully saturated rings. The highest BCUT2D eigenvalue weighted by Crippen LogP contribution is 2.17. The Hall–Kier alpha value is -0.470. The maximum absolute atomic E-state index is 4.52. The van der Waals surface area contributed by atoms with Crippen LogP contribution in [0, 0.1) is 0 Å². The SMILES string of the molecule is CN(C)C(=Nc1nc(=[N+](C)C)ss1)N(C)C.[Br-]. The normalized spacial score (nSPS) is 9.29. The minimum absolute atomic E-state index is 0. The molecule has 0 unspecified atom stereocenters. The molecule has 98 valence electrons. The van der Waals surface area contributed by atoms with Crippen molar-refractivity contribution < 1.29 is 17.0 Å². The third kappa shape index (κ3) is 4.72. The summed E-state index contributed by atoms with van der Waals surface area (Å²) in [6.45, 7) is 0. The van der Waals surface area contributed by atoms with E-state index in [0.29, 0.717) is 0 Å². The van der Waals surface area contributed by atoms with Gasteiger partial charge in [0.2, 0.25) is 5.96 Å². The Morgan fingerprint density at radius 3 is 2.00 bits per heavy atom. The lowest BCUT2D eigenvalue weighted by Crippen LogP contribution is -3.00. The molecule has 0 radical (unpaired) electrons. The summed E-state index contributed by atoms with van der Waals surface area (Å²) >= 11 is 0. The van der Waals surface area contributed by atoms with Crippen molar-refractivity contribution >= 4 is 31.8 Å². The van der Waals surface area contributed by atoms with Crippen LogP contribution in [0.1, 0.15) is 0 Å². The van der Waals surface area contributed by atoms with Crippen LogP contribution in [-0.2, 0) is 0 Å². The fourth-order valence-corrected chi connectivity index (χ4v) is 3.05. The van der Waals surface area contributed by atoms with Gasteiger partial charge in [-0.15, -0.1) is 0 Å². The van der Waals surface area contributed by atoms with Crippen LogP contribution in [-0.4, -0.2) is 63.0 Å². The molecule has 0 atom stereocenters. The molecule has 0 aliphatic carbocycles. The molecule has 1 aromatic rings. The lowest BCUT2D eigenvalue weighted by atomic mass is 10.7. The molecule has 8 heteroatoms. The van der Waals surface area contributed by atoms with Crippen molar-refractivity contribution in [3.05, 3.63) is 4.80 Å². The van der Waals surface area contributed by atoms with Crippen LogP contribution < -0.4 is 26.4 Å². The van der Waals surface area contributed by atoms with Gasteiger partial charge in [-0.05, 0) is 10.3 Å². The maximum Gasteiger partial charge on any atom is 0.390 e. The summed E-state index contributed by atoms with van der Waals surface area (Å²) in [7, 11) is 15.1. The van der Waals surface area contributed by atoms with E-state index in [9.17, 15) is 0 Å². The van der Waals surface area contributed by atoms with Gasteiger partial charge in [0.15, 0.2) is 0 Å². The van der Waals surface area contributed by atoms with Gasteiger partial charge in [-0.3, -0.25) is 4.58 Å². The van der Waals surface area contributed by atoms with Crippen LogP contribution in [0.25, 0.3) is 0 Å².